The molecule has 9 atom stereocenters. The maximum atomic E-state index is 14.2. The predicted molar refractivity (Wildman–Crippen MR) is 174 cm³/mol. The molecular weight excluding hydrogens is 574 g/mol. The van der Waals surface area contributed by atoms with Crippen LogP contribution in [-0.2, 0) is 28.5 Å². The summed E-state index contributed by atoms with van der Waals surface area (Å²) in [4.78, 5) is 34.9. The lowest BCUT2D eigenvalue weighted by molar-refractivity contribution is -0.295. The second-order valence-electron chi connectivity index (χ2n) is 15.9. The van der Waals surface area contributed by atoms with Gasteiger partial charge in [0.15, 0.2) is 12.1 Å². The number of likely N-dealkylation sites (tertiary alicyclic amines) is 1. The molecule has 4 fully saturated rings. The van der Waals surface area contributed by atoms with Crippen molar-refractivity contribution in [1.29, 1.82) is 0 Å². The summed E-state index contributed by atoms with van der Waals surface area (Å²) in [5, 5.41) is 11.3. The number of likely N-dealkylation sites (N-methyl/N-ethyl adjacent to an activating group) is 2. The summed E-state index contributed by atoms with van der Waals surface area (Å²) in [6.45, 7) is 15.7. The number of Topliss-reactive ketones (excluding diaryl/α,β-unsaturated/α-hetero) is 1. The van der Waals surface area contributed by atoms with Crippen molar-refractivity contribution in [2.45, 2.75) is 122 Å². The van der Waals surface area contributed by atoms with Crippen molar-refractivity contribution >= 4 is 11.8 Å². The molecule has 0 aromatic heterocycles. The van der Waals surface area contributed by atoms with E-state index < -0.39 is 41.4 Å². The van der Waals surface area contributed by atoms with Gasteiger partial charge >= 0.3 is 5.97 Å². The zero-order chi connectivity index (χ0) is 33.3. The second kappa shape index (κ2) is 15.0. The topological polar surface area (TPSA) is 101 Å². The smallest absolute Gasteiger partial charge is 0.319 e. The largest absolute Gasteiger partial charge is 0.463 e. The molecule has 0 aromatic rings. The van der Waals surface area contributed by atoms with Crippen LogP contribution in [0.3, 0.4) is 0 Å². The number of aliphatic hydroxyl groups is 1. The number of ketones is 1. The highest BCUT2D eigenvalue weighted by Crippen LogP contribution is 2.39. The van der Waals surface area contributed by atoms with E-state index in [0.717, 1.165) is 38.4 Å². The van der Waals surface area contributed by atoms with E-state index in [-0.39, 0.29) is 36.5 Å². The molecule has 0 amide bonds. The Bertz CT molecular complexity index is 998. The summed E-state index contributed by atoms with van der Waals surface area (Å²) < 4.78 is 25.1. The number of ether oxygens (including phenoxy) is 4. The fourth-order valence-corrected chi connectivity index (χ4v) is 8.25. The Morgan fingerprint density at radius 2 is 1.69 bits per heavy atom. The molecular formula is C35H63N3O7. The summed E-state index contributed by atoms with van der Waals surface area (Å²) in [7, 11) is 7.66. The van der Waals surface area contributed by atoms with Gasteiger partial charge < -0.3 is 33.9 Å². The third-order valence-corrected chi connectivity index (χ3v) is 11.3. The fraction of sp³-hybridized carbons (Fsp3) is 0.943. The number of rotatable bonds is 7. The molecule has 4 aliphatic rings. The highest BCUT2D eigenvalue weighted by Gasteiger charge is 2.51. The van der Waals surface area contributed by atoms with E-state index in [1.54, 1.807) is 27.9 Å². The van der Waals surface area contributed by atoms with Crippen LogP contribution in [0.5, 0.6) is 0 Å². The van der Waals surface area contributed by atoms with Crippen molar-refractivity contribution in [2.24, 2.45) is 29.1 Å². The lowest BCUT2D eigenvalue weighted by Gasteiger charge is -2.47. The molecule has 3 aliphatic heterocycles. The summed E-state index contributed by atoms with van der Waals surface area (Å²) >= 11 is 0. The molecule has 1 saturated carbocycles. The van der Waals surface area contributed by atoms with Gasteiger partial charge in [0.2, 0.25) is 0 Å². The number of hydrogen-bond donors (Lipinski definition) is 1. The lowest BCUT2D eigenvalue weighted by atomic mass is 9.74. The zero-order valence-corrected chi connectivity index (χ0v) is 29.8. The van der Waals surface area contributed by atoms with Crippen molar-refractivity contribution < 1.29 is 33.6 Å². The molecule has 0 aromatic carbocycles. The van der Waals surface area contributed by atoms with Crippen LogP contribution in [0.1, 0.15) is 80.1 Å². The Morgan fingerprint density at radius 1 is 1.04 bits per heavy atom. The first-order valence-electron chi connectivity index (χ1n) is 17.4. The fourth-order valence-electron chi connectivity index (χ4n) is 8.25. The van der Waals surface area contributed by atoms with Gasteiger partial charge in [0.1, 0.15) is 18.1 Å². The van der Waals surface area contributed by atoms with Gasteiger partial charge in [0, 0.05) is 38.2 Å². The molecule has 3 heterocycles. The maximum Gasteiger partial charge on any atom is 0.319 e. The summed E-state index contributed by atoms with van der Waals surface area (Å²) in [6, 6.07) is -0.0931. The van der Waals surface area contributed by atoms with Crippen molar-refractivity contribution in [3.05, 3.63) is 0 Å². The van der Waals surface area contributed by atoms with Gasteiger partial charge in [0.25, 0.3) is 0 Å². The van der Waals surface area contributed by atoms with E-state index >= 15 is 0 Å². The Morgan fingerprint density at radius 3 is 2.27 bits per heavy atom. The minimum absolute atomic E-state index is 0.0691. The average Bonchev–Trinajstić information content (AvgIpc) is 3.80. The maximum absolute atomic E-state index is 14.2. The molecule has 4 rings (SSSR count). The molecule has 3 saturated heterocycles. The third-order valence-electron chi connectivity index (χ3n) is 11.3. The van der Waals surface area contributed by atoms with Crippen molar-refractivity contribution in [2.75, 3.05) is 61.0 Å². The molecule has 10 nitrogen and oxygen atoms in total. The monoisotopic (exact) mass is 637 g/mol. The van der Waals surface area contributed by atoms with E-state index in [0.29, 0.717) is 18.8 Å². The average molecular weight is 638 g/mol. The van der Waals surface area contributed by atoms with E-state index in [1.165, 1.54) is 19.4 Å². The minimum Gasteiger partial charge on any atom is -0.463 e. The van der Waals surface area contributed by atoms with Gasteiger partial charge in [-0.3, -0.25) is 14.5 Å². The number of aliphatic hydroxyl groups excluding tert-OH is 1. The van der Waals surface area contributed by atoms with Crippen LogP contribution in [0.4, 0.5) is 0 Å². The van der Waals surface area contributed by atoms with Crippen LogP contribution in [-0.4, -0.2) is 135 Å². The van der Waals surface area contributed by atoms with Crippen LogP contribution in [0.2, 0.25) is 0 Å². The van der Waals surface area contributed by atoms with Gasteiger partial charge in [-0.05, 0) is 118 Å². The summed E-state index contributed by atoms with van der Waals surface area (Å²) in [5.74, 6) is -0.0405. The molecule has 0 radical (unpaired) electrons. The van der Waals surface area contributed by atoms with E-state index in [9.17, 15) is 14.7 Å². The first-order chi connectivity index (χ1) is 21.1. The summed E-state index contributed by atoms with van der Waals surface area (Å²) in [6.07, 6.45) is 3.38. The number of methoxy groups -OCH3 is 1. The van der Waals surface area contributed by atoms with Crippen LogP contribution in [0.15, 0.2) is 0 Å². The van der Waals surface area contributed by atoms with Crippen molar-refractivity contribution in [3.8, 4) is 0 Å². The number of piperidine rings is 1. The number of carbonyl (C=O) groups excluding carboxylic acids is 2. The minimum atomic E-state index is -1.39. The van der Waals surface area contributed by atoms with Gasteiger partial charge in [-0.15, -0.1) is 0 Å². The number of hydrogen-bond acceptors (Lipinski definition) is 10. The second-order valence-corrected chi connectivity index (χ2v) is 15.9. The van der Waals surface area contributed by atoms with Crippen molar-refractivity contribution in [1.82, 2.24) is 14.7 Å². The van der Waals surface area contributed by atoms with Crippen LogP contribution < -0.4 is 0 Å². The van der Waals surface area contributed by atoms with E-state index in [4.69, 9.17) is 18.9 Å². The van der Waals surface area contributed by atoms with Gasteiger partial charge in [-0.25, -0.2) is 0 Å². The number of nitrogens with zero attached hydrogens (tertiary/aromatic N) is 3. The standard InChI is InChI=1S/C35H63N3O7/c1-22-18-35(6,42-10)31(45-32-29(39)27(36(7)8)17-23(2)44-32)24(3)30(40)34(4,5)33(41)43-21-28(37(9)19-22)26-13-15-38(16-14-26)20-25-11-12-25/h22-29,31-32,39H,11-21H2,1-10H3/t22-,23-,24+,27+,28-,29-,31-,32+,35-/m1/s1. The predicted octanol–water partition coefficient (Wildman–Crippen LogP) is 3.44. The zero-order valence-electron chi connectivity index (χ0n) is 29.8. The highest BCUT2D eigenvalue weighted by molar-refractivity contribution is 6.04. The molecule has 1 N–H and O–H groups in total. The van der Waals surface area contributed by atoms with Crippen LogP contribution in [0.25, 0.3) is 0 Å². The molecule has 0 unspecified atom stereocenters. The SMILES string of the molecule is CO[C@]1(C)C[C@@H](C)CN(C)[C@@H](C2CCN(CC3CC3)CC2)COC(=O)C(C)(C)C(=O)[C@H](C)[C@H]1O[C@@H]1O[C@H](C)C[C@H](N(C)C)[C@H]1O. The third kappa shape index (κ3) is 8.67. The Labute approximate surface area is 272 Å². The normalized spacial score (nSPS) is 40.4. The van der Waals surface area contributed by atoms with Gasteiger partial charge in [-0.1, -0.05) is 13.8 Å². The van der Waals surface area contributed by atoms with E-state index in [1.807, 2.05) is 32.8 Å². The number of carbonyl (C=O) groups is 2. The van der Waals surface area contributed by atoms with E-state index in [2.05, 4.69) is 23.8 Å². The Hall–Kier alpha value is -1.14. The number of cyclic esters (lactones) is 1. The Kier molecular flexibility index (Phi) is 12.2. The Balaban J connectivity index is 1.60. The summed E-state index contributed by atoms with van der Waals surface area (Å²) in [5.41, 5.74) is -2.29. The quantitative estimate of drug-likeness (QED) is 0.330. The first kappa shape index (κ1) is 36.7. The molecule has 45 heavy (non-hydrogen) atoms. The lowest BCUT2D eigenvalue weighted by Crippen LogP contribution is -2.59. The highest BCUT2D eigenvalue weighted by atomic mass is 16.7. The van der Waals surface area contributed by atoms with Gasteiger partial charge in [0.05, 0.1) is 17.8 Å². The molecule has 0 spiro atoms. The molecule has 10 heteroatoms. The number of esters is 1. The van der Waals surface area contributed by atoms with Crippen LogP contribution in [0, 0.1) is 29.1 Å². The molecule has 0 bridgehead atoms. The van der Waals surface area contributed by atoms with Crippen LogP contribution >= 0.6 is 0 Å². The molecule has 260 valence electrons. The van der Waals surface area contributed by atoms with Gasteiger partial charge in [-0.2, -0.15) is 0 Å². The van der Waals surface area contributed by atoms with Crippen molar-refractivity contribution in [3.63, 3.8) is 0 Å². The first-order valence-corrected chi connectivity index (χ1v) is 17.4. The molecule has 1 aliphatic carbocycles.